The second-order valence-electron chi connectivity index (χ2n) is 9.13. The van der Waals surface area contributed by atoms with E-state index < -0.39 is 24.4 Å². The van der Waals surface area contributed by atoms with Crippen LogP contribution in [-0.2, 0) is 16.2 Å². The zero-order valence-corrected chi connectivity index (χ0v) is 23.0. The Morgan fingerprint density at radius 3 is 2.44 bits per heavy atom. The lowest BCUT2D eigenvalue weighted by Crippen LogP contribution is -2.38. The topological polar surface area (TPSA) is 106 Å². The van der Waals surface area contributed by atoms with Crippen LogP contribution in [0.3, 0.4) is 0 Å². The molecule has 4 amide bonds. The number of anilines is 1. The first kappa shape index (κ1) is 27.5. The number of imide groups is 1. The Balaban J connectivity index is 1.29. The lowest BCUT2D eigenvalue weighted by atomic mass is 10.1. The number of urea groups is 1. The predicted molar refractivity (Wildman–Crippen MR) is 156 cm³/mol. The lowest BCUT2D eigenvalue weighted by Gasteiger charge is -2.14. The standard InChI is InChI=1S/C31H26ClN3O6/c1-39-26-10-6-5-9-24(26)33-28(36)17-35-30(37)25(34-31(35)38)15-20-14-23(32)29(27(16-20)40-2)41-18-19-11-12-21-7-3-4-8-22(21)13-19/h3-16H,17-18H2,1-2H3,(H,33,36)(H,34,38)/b25-15+. The number of halogens is 1. The van der Waals surface area contributed by atoms with Crippen molar-refractivity contribution in [2.45, 2.75) is 6.61 Å². The molecule has 41 heavy (non-hydrogen) atoms. The van der Waals surface area contributed by atoms with Crippen molar-refractivity contribution in [1.82, 2.24) is 10.2 Å². The van der Waals surface area contributed by atoms with E-state index in [4.69, 9.17) is 25.8 Å². The van der Waals surface area contributed by atoms with Crippen molar-refractivity contribution in [3.8, 4) is 17.2 Å². The molecular formula is C31H26ClN3O6. The Kier molecular flexibility index (Phi) is 8.07. The molecule has 0 bridgehead atoms. The van der Waals surface area contributed by atoms with Gasteiger partial charge >= 0.3 is 6.03 Å². The predicted octanol–water partition coefficient (Wildman–Crippen LogP) is 5.62. The molecule has 2 N–H and O–H groups in total. The maximum Gasteiger partial charge on any atom is 0.329 e. The normalized spacial score (nSPS) is 13.8. The van der Waals surface area contributed by atoms with Gasteiger partial charge in [-0.2, -0.15) is 0 Å². The van der Waals surface area contributed by atoms with Gasteiger partial charge in [-0.1, -0.05) is 60.1 Å². The summed E-state index contributed by atoms with van der Waals surface area (Å²) in [6.45, 7) is -0.215. The van der Waals surface area contributed by atoms with Crippen LogP contribution in [0.15, 0.2) is 84.6 Å². The Morgan fingerprint density at radius 2 is 1.66 bits per heavy atom. The molecule has 208 valence electrons. The molecule has 0 radical (unpaired) electrons. The van der Waals surface area contributed by atoms with E-state index in [2.05, 4.69) is 10.6 Å². The highest BCUT2D eigenvalue weighted by atomic mass is 35.5. The molecule has 4 aromatic carbocycles. The molecule has 0 aromatic heterocycles. The number of amides is 4. The largest absolute Gasteiger partial charge is 0.495 e. The molecule has 1 saturated heterocycles. The van der Waals surface area contributed by atoms with Crippen molar-refractivity contribution in [2.75, 3.05) is 26.1 Å². The number of rotatable bonds is 9. The van der Waals surface area contributed by atoms with Gasteiger partial charge in [-0.25, -0.2) is 9.69 Å². The van der Waals surface area contributed by atoms with Gasteiger partial charge in [-0.05, 0) is 58.3 Å². The number of methoxy groups -OCH3 is 2. The molecule has 0 atom stereocenters. The van der Waals surface area contributed by atoms with E-state index in [1.54, 1.807) is 36.4 Å². The summed E-state index contributed by atoms with van der Waals surface area (Å²) >= 11 is 6.54. The summed E-state index contributed by atoms with van der Waals surface area (Å²) in [5, 5.41) is 7.65. The van der Waals surface area contributed by atoms with Gasteiger partial charge in [-0.15, -0.1) is 0 Å². The molecule has 0 saturated carbocycles. The Morgan fingerprint density at radius 1 is 0.927 bits per heavy atom. The van der Waals surface area contributed by atoms with Crippen LogP contribution in [0.25, 0.3) is 16.8 Å². The fourth-order valence-corrected chi connectivity index (χ4v) is 4.68. The molecule has 0 aliphatic carbocycles. The minimum Gasteiger partial charge on any atom is -0.495 e. The summed E-state index contributed by atoms with van der Waals surface area (Å²) in [6.07, 6.45) is 1.46. The van der Waals surface area contributed by atoms with Crippen LogP contribution in [0, 0.1) is 0 Å². The SMILES string of the molecule is COc1ccccc1NC(=O)CN1C(=O)N/C(=C/c2cc(Cl)c(OCc3ccc4ccccc4c3)c(OC)c2)C1=O. The van der Waals surface area contributed by atoms with Crippen molar-refractivity contribution >= 4 is 52.0 Å². The van der Waals surface area contributed by atoms with Crippen molar-refractivity contribution < 1.29 is 28.6 Å². The van der Waals surface area contributed by atoms with Gasteiger partial charge in [0.2, 0.25) is 5.91 Å². The molecule has 0 spiro atoms. The fourth-order valence-electron chi connectivity index (χ4n) is 4.41. The van der Waals surface area contributed by atoms with Crippen LogP contribution in [0.4, 0.5) is 10.5 Å². The number of carbonyl (C=O) groups excluding carboxylic acids is 3. The number of fused-ring (bicyclic) bond motifs is 1. The molecule has 1 fully saturated rings. The van der Waals surface area contributed by atoms with E-state index >= 15 is 0 Å². The minimum atomic E-state index is -0.718. The summed E-state index contributed by atoms with van der Waals surface area (Å²) in [6, 6.07) is 23.5. The molecule has 10 heteroatoms. The highest BCUT2D eigenvalue weighted by Gasteiger charge is 2.35. The summed E-state index contributed by atoms with van der Waals surface area (Å²) < 4.78 is 16.7. The number of nitrogens with one attached hydrogen (secondary N) is 2. The number of ether oxygens (including phenoxy) is 3. The zero-order chi connectivity index (χ0) is 28.9. The van der Waals surface area contributed by atoms with E-state index in [1.165, 1.54) is 20.3 Å². The monoisotopic (exact) mass is 571 g/mol. The molecular weight excluding hydrogens is 546 g/mol. The van der Waals surface area contributed by atoms with Crippen LogP contribution < -0.4 is 24.8 Å². The maximum atomic E-state index is 13.0. The maximum absolute atomic E-state index is 13.0. The van der Waals surface area contributed by atoms with Crippen molar-refractivity contribution in [3.05, 3.63) is 101 Å². The lowest BCUT2D eigenvalue weighted by molar-refractivity contribution is -0.127. The number of hydrogen-bond donors (Lipinski definition) is 2. The molecule has 1 aliphatic rings. The van der Waals surface area contributed by atoms with Gasteiger partial charge < -0.3 is 24.8 Å². The number of hydrogen-bond acceptors (Lipinski definition) is 6. The third-order valence-corrected chi connectivity index (χ3v) is 6.69. The molecule has 0 unspecified atom stereocenters. The van der Waals surface area contributed by atoms with Crippen LogP contribution in [0.1, 0.15) is 11.1 Å². The molecule has 5 rings (SSSR count). The van der Waals surface area contributed by atoms with Crippen molar-refractivity contribution in [3.63, 3.8) is 0 Å². The summed E-state index contributed by atoms with van der Waals surface area (Å²) in [5.74, 6) is -0.0567. The quantitative estimate of drug-likeness (QED) is 0.199. The van der Waals surface area contributed by atoms with Gasteiger partial charge in [0, 0.05) is 0 Å². The average Bonchev–Trinajstić information content (AvgIpc) is 3.23. The van der Waals surface area contributed by atoms with E-state index in [9.17, 15) is 14.4 Å². The Hall–Kier alpha value is -5.02. The molecule has 1 aliphatic heterocycles. The highest BCUT2D eigenvalue weighted by molar-refractivity contribution is 6.32. The van der Waals surface area contributed by atoms with Gasteiger partial charge in [0.15, 0.2) is 11.5 Å². The van der Waals surface area contributed by atoms with E-state index in [0.29, 0.717) is 28.5 Å². The van der Waals surface area contributed by atoms with Crippen LogP contribution >= 0.6 is 11.6 Å². The fraction of sp³-hybridized carbons (Fsp3) is 0.129. The average molecular weight is 572 g/mol. The Bertz CT molecular complexity index is 1690. The first-order chi connectivity index (χ1) is 19.9. The molecule has 4 aromatic rings. The van der Waals surface area contributed by atoms with Crippen LogP contribution in [0.5, 0.6) is 17.2 Å². The van der Waals surface area contributed by atoms with Gasteiger partial charge in [-0.3, -0.25) is 9.59 Å². The summed E-state index contributed by atoms with van der Waals surface area (Å²) in [4.78, 5) is 38.9. The third kappa shape index (κ3) is 6.10. The second kappa shape index (κ2) is 12.0. The first-order valence-electron chi connectivity index (χ1n) is 12.6. The van der Waals surface area contributed by atoms with Gasteiger partial charge in [0.25, 0.3) is 5.91 Å². The zero-order valence-electron chi connectivity index (χ0n) is 22.3. The van der Waals surface area contributed by atoms with Crippen LogP contribution in [0.2, 0.25) is 5.02 Å². The van der Waals surface area contributed by atoms with Crippen LogP contribution in [-0.4, -0.2) is 43.5 Å². The molecule has 1 heterocycles. The minimum absolute atomic E-state index is 0.0111. The number of benzene rings is 4. The first-order valence-corrected chi connectivity index (χ1v) is 13.0. The highest BCUT2D eigenvalue weighted by Crippen LogP contribution is 2.38. The number of carbonyl (C=O) groups is 3. The third-order valence-electron chi connectivity index (χ3n) is 6.40. The van der Waals surface area contributed by atoms with Crippen molar-refractivity contribution in [1.29, 1.82) is 0 Å². The summed E-state index contributed by atoms with van der Waals surface area (Å²) in [7, 11) is 2.96. The van der Waals surface area contributed by atoms with Gasteiger partial charge in [0.05, 0.1) is 24.9 Å². The Labute approximate surface area is 241 Å². The van der Waals surface area contributed by atoms with Crippen molar-refractivity contribution in [2.24, 2.45) is 0 Å². The molecule has 9 nitrogen and oxygen atoms in total. The summed E-state index contributed by atoms with van der Waals surface area (Å²) in [5.41, 5.74) is 1.87. The number of para-hydroxylation sites is 2. The van der Waals surface area contributed by atoms with E-state index in [1.807, 2.05) is 42.5 Å². The van der Waals surface area contributed by atoms with Gasteiger partial charge in [0.1, 0.15) is 24.6 Å². The second-order valence-corrected chi connectivity index (χ2v) is 9.54. The van der Waals surface area contributed by atoms with E-state index in [0.717, 1.165) is 21.2 Å². The smallest absolute Gasteiger partial charge is 0.329 e. The van der Waals surface area contributed by atoms with E-state index in [-0.39, 0.29) is 17.3 Å². The number of nitrogens with zero attached hydrogens (tertiary/aromatic N) is 1.